The Hall–Kier alpha value is -1.35. The van der Waals surface area contributed by atoms with Crippen molar-refractivity contribution < 1.29 is 23.9 Å². The van der Waals surface area contributed by atoms with Gasteiger partial charge in [0.05, 0.1) is 36.6 Å². The normalized spacial score (nSPS) is 22.1. The van der Waals surface area contributed by atoms with Gasteiger partial charge < -0.3 is 14.2 Å². The summed E-state index contributed by atoms with van der Waals surface area (Å²) in [6.45, 7) is 0.304. The van der Waals surface area contributed by atoms with Gasteiger partial charge in [-0.15, -0.1) is 0 Å². The summed E-state index contributed by atoms with van der Waals surface area (Å²) in [6.07, 6.45) is 0.463. The number of rotatable bonds is 5. The zero-order valence-corrected chi connectivity index (χ0v) is 15.0. The predicted octanol–water partition coefficient (Wildman–Crippen LogP) is 3.13. The molecule has 9 heteroatoms. The van der Waals surface area contributed by atoms with Crippen LogP contribution in [0.25, 0.3) is 0 Å². The van der Waals surface area contributed by atoms with E-state index in [2.05, 4.69) is 31.9 Å². The summed E-state index contributed by atoms with van der Waals surface area (Å²) in [5, 5.41) is 11.1. The molecule has 1 aromatic rings. The number of nitrogens with zero attached hydrogens (tertiary/aromatic N) is 1. The van der Waals surface area contributed by atoms with Gasteiger partial charge in [0.1, 0.15) is 10.1 Å². The Morgan fingerprint density at radius 1 is 1.36 bits per heavy atom. The molecular weight excluding hydrogens is 426 g/mol. The van der Waals surface area contributed by atoms with Crippen molar-refractivity contribution in [1.82, 2.24) is 0 Å². The molecule has 7 nitrogen and oxygen atoms in total. The second kappa shape index (κ2) is 6.41. The monoisotopic (exact) mass is 437 g/mol. The number of nitro groups is 1. The molecule has 0 saturated carbocycles. The average molecular weight is 439 g/mol. The van der Waals surface area contributed by atoms with Crippen LogP contribution in [0.1, 0.15) is 16.8 Å². The van der Waals surface area contributed by atoms with Crippen LogP contribution in [0.15, 0.2) is 12.1 Å². The average Bonchev–Trinajstić information content (AvgIpc) is 2.85. The first-order valence-corrected chi connectivity index (χ1v) is 7.96. The maximum Gasteiger partial charge on any atom is 0.324 e. The minimum Gasteiger partial charge on any atom is -0.496 e. The summed E-state index contributed by atoms with van der Waals surface area (Å²) in [6, 6.07) is 2.77. The molecule has 0 amide bonds. The van der Waals surface area contributed by atoms with Crippen molar-refractivity contribution >= 4 is 43.5 Å². The fourth-order valence-electron chi connectivity index (χ4n) is 2.24. The Bertz CT molecular complexity index is 623. The molecule has 1 saturated heterocycles. The van der Waals surface area contributed by atoms with Gasteiger partial charge in [-0.1, -0.05) is 31.9 Å². The first-order valence-electron chi connectivity index (χ1n) is 6.25. The number of carbonyl (C=O) groups is 1. The topological polar surface area (TPSA) is 87.9 Å². The van der Waals surface area contributed by atoms with Crippen LogP contribution in [0.3, 0.4) is 0 Å². The Morgan fingerprint density at radius 2 is 2.00 bits per heavy atom. The molecule has 0 radical (unpaired) electrons. The Balaban J connectivity index is 2.54. The zero-order valence-electron chi connectivity index (χ0n) is 11.8. The highest BCUT2D eigenvalue weighted by Gasteiger charge is 2.49. The number of methoxy groups -OCH3 is 2. The number of alkyl halides is 2. The van der Waals surface area contributed by atoms with Crippen molar-refractivity contribution in [3.63, 3.8) is 0 Å². The highest BCUT2D eigenvalue weighted by Crippen LogP contribution is 2.50. The summed E-state index contributed by atoms with van der Waals surface area (Å²) >= 11 is 6.89. The van der Waals surface area contributed by atoms with E-state index in [9.17, 15) is 14.9 Å². The third-order valence-corrected chi connectivity index (χ3v) is 6.51. The van der Waals surface area contributed by atoms with E-state index in [4.69, 9.17) is 14.2 Å². The molecule has 2 atom stereocenters. The van der Waals surface area contributed by atoms with E-state index < -0.39 is 20.0 Å². The highest BCUT2D eigenvalue weighted by molar-refractivity contribution is 9.12. The van der Waals surface area contributed by atoms with Gasteiger partial charge in [0.2, 0.25) is 0 Å². The summed E-state index contributed by atoms with van der Waals surface area (Å²) in [5.41, 5.74) is 0.348. The molecule has 0 aliphatic carbocycles. The van der Waals surface area contributed by atoms with Crippen LogP contribution in [0.4, 0.5) is 5.69 Å². The van der Waals surface area contributed by atoms with E-state index >= 15 is 0 Å². The summed E-state index contributed by atoms with van der Waals surface area (Å²) in [4.78, 5) is 22.0. The minimum absolute atomic E-state index is 0.0905. The van der Waals surface area contributed by atoms with Crippen molar-refractivity contribution in [3.8, 4) is 11.5 Å². The van der Waals surface area contributed by atoms with E-state index in [0.29, 0.717) is 18.6 Å². The molecule has 2 rings (SSSR count). The molecule has 1 aromatic carbocycles. The van der Waals surface area contributed by atoms with E-state index in [0.717, 1.165) is 0 Å². The second-order valence-electron chi connectivity index (χ2n) is 4.63. The lowest BCUT2D eigenvalue weighted by molar-refractivity contribution is -0.385. The Morgan fingerprint density at radius 3 is 2.45 bits per heavy atom. The van der Waals surface area contributed by atoms with Crippen molar-refractivity contribution in [2.75, 3.05) is 20.8 Å². The number of ether oxygens (including phenoxy) is 3. The first kappa shape index (κ1) is 17.0. The SMILES string of the molecule is COc1cc([N+](=O)[O-])c(OC)cc1C(Br)C1(Br)CCOC1=O. The number of nitro benzene ring substituents is 1. The maximum absolute atomic E-state index is 12.0. The number of hydrogen-bond donors (Lipinski definition) is 0. The quantitative estimate of drug-likeness (QED) is 0.303. The fraction of sp³-hybridized carbons (Fsp3) is 0.462. The van der Waals surface area contributed by atoms with Gasteiger partial charge in [-0.05, 0) is 6.07 Å². The standard InChI is InChI=1S/C13H13Br2NO6/c1-20-9-6-8(16(18)19)10(21-2)5-7(9)11(14)13(15)3-4-22-12(13)17/h5-6,11H,3-4H2,1-2H3. The second-order valence-corrected chi connectivity index (χ2v) is 6.96. The van der Waals surface area contributed by atoms with Crippen LogP contribution in [-0.2, 0) is 9.53 Å². The number of cyclic esters (lactones) is 1. The minimum atomic E-state index is -0.957. The van der Waals surface area contributed by atoms with Gasteiger partial charge in [-0.25, -0.2) is 0 Å². The summed E-state index contributed by atoms with van der Waals surface area (Å²) in [7, 11) is 2.75. The molecule has 0 spiro atoms. The molecule has 1 aliphatic heterocycles. The van der Waals surface area contributed by atoms with Gasteiger partial charge in [-0.3, -0.25) is 14.9 Å². The highest BCUT2D eigenvalue weighted by atomic mass is 79.9. The molecule has 0 bridgehead atoms. The van der Waals surface area contributed by atoms with Crippen molar-refractivity contribution in [2.45, 2.75) is 15.6 Å². The molecule has 1 aliphatic rings. The lowest BCUT2D eigenvalue weighted by Crippen LogP contribution is -2.31. The summed E-state index contributed by atoms with van der Waals surface area (Å²) < 4.78 is 14.4. The fourth-order valence-corrected chi connectivity index (χ4v) is 3.53. The van der Waals surface area contributed by atoms with Crippen LogP contribution >= 0.6 is 31.9 Å². The zero-order chi connectivity index (χ0) is 16.5. The van der Waals surface area contributed by atoms with Gasteiger partial charge in [0, 0.05) is 12.0 Å². The molecule has 2 unspecified atom stereocenters. The number of halogens is 2. The molecular formula is C13H13Br2NO6. The van der Waals surface area contributed by atoms with Crippen molar-refractivity contribution in [1.29, 1.82) is 0 Å². The molecule has 120 valence electrons. The van der Waals surface area contributed by atoms with Crippen LogP contribution in [0, 0.1) is 10.1 Å². The van der Waals surface area contributed by atoms with Gasteiger partial charge in [0.25, 0.3) is 0 Å². The smallest absolute Gasteiger partial charge is 0.324 e. The van der Waals surface area contributed by atoms with Gasteiger partial charge in [-0.2, -0.15) is 0 Å². The van der Waals surface area contributed by atoms with Crippen LogP contribution < -0.4 is 9.47 Å². The van der Waals surface area contributed by atoms with E-state index in [1.54, 1.807) is 0 Å². The van der Waals surface area contributed by atoms with Gasteiger partial charge in [0.15, 0.2) is 5.75 Å². The Kier molecular flexibility index (Phi) is 4.96. The van der Waals surface area contributed by atoms with Crippen LogP contribution in [0.2, 0.25) is 0 Å². The van der Waals surface area contributed by atoms with Gasteiger partial charge >= 0.3 is 11.7 Å². The number of benzene rings is 1. The predicted molar refractivity (Wildman–Crippen MR) is 85.1 cm³/mol. The summed E-state index contributed by atoms with van der Waals surface area (Å²) in [5.74, 6) is -0.0191. The van der Waals surface area contributed by atoms with Crippen molar-refractivity contribution in [3.05, 3.63) is 27.8 Å². The largest absolute Gasteiger partial charge is 0.496 e. The third kappa shape index (κ3) is 2.79. The van der Waals surface area contributed by atoms with Crippen molar-refractivity contribution in [2.24, 2.45) is 0 Å². The Labute approximate surface area is 143 Å². The molecule has 1 fully saturated rings. The van der Waals surface area contributed by atoms with Crippen LogP contribution in [-0.4, -0.2) is 36.0 Å². The maximum atomic E-state index is 12.0. The van der Waals surface area contributed by atoms with E-state index in [-0.39, 0.29) is 17.2 Å². The number of hydrogen-bond acceptors (Lipinski definition) is 6. The van der Waals surface area contributed by atoms with Crippen LogP contribution in [0.5, 0.6) is 11.5 Å². The molecule has 1 heterocycles. The molecule has 22 heavy (non-hydrogen) atoms. The molecule has 0 aromatic heterocycles. The lowest BCUT2D eigenvalue weighted by atomic mass is 9.96. The molecule has 0 N–H and O–H groups in total. The first-order chi connectivity index (χ1) is 10.3. The van der Waals surface area contributed by atoms with E-state index in [1.165, 1.54) is 26.4 Å². The van der Waals surface area contributed by atoms with E-state index in [1.807, 2.05) is 0 Å². The third-order valence-electron chi connectivity index (χ3n) is 3.44. The lowest BCUT2D eigenvalue weighted by Gasteiger charge is -2.25. The number of esters is 1. The number of carbonyl (C=O) groups excluding carboxylic acids is 1.